The van der Waals surface area contributed by atoms with Crippen molar-refractivity contribution < 1.29 is 4.74 Å². The standard InChI is InChI=1S/C14H28N2O/c1-4-13-10-12(6-9-17-13)15-11-14(16(2)3)7-5-8-14/h12-13,15H,4-11H2,1-3H3. The summed E-state index contributed by atoms with van der Waals surface area (Å²) < 4.78 is 5.73. The number of hydrogen-bond donors (Lipinski definition) is 1. The Morgan fingerprint density at radius 2 is 2.12 bits per heavy atom. The van der Waals surface area contributed by atoms with Crippen molar-refractivity contribution in [3.05, 3.63) is 0 Å². The zero-order valence-corrected chi connectivity index (χ0v) is 11.7. The molecular weight excluding hydrogens is 212 g/mol. The van der Waals surface area contributed by atoms with Crippen LogP contribution in [0.4, 0.5) is 0 Å². The van der Waals surface area contributed by atoms with Gasteiger partial charge in [-0.2, -0.15) is 0 Å². The molecule has 0 radical (unpaired) electrons. The number of hydrogen-bond acceptors (Lipinski definition) is 3. The summed E-state index contributed by atoms with van der Waals surface area (Å²) >= 11 is 0. The second-order valence-corrected chi connectivity index (χ2v) is 5.98. The van der Waals surface area contributed by atoms with E-state index >= 15 is 0 Å². The lowest BCUT2D eigenvalue weighted by Crippen LogP contribution is -2.58. The molecule has 1 N–H and O–H groups in total. The van der Waals surface area contributed by atoms with Crippen molar-refractivity contribution in [2.75, 3.05) is 27.2 Å². The number of likely N-dealkylation sites (N-methyl/N-ethyl adjacent to an activating group) is 1. The van der Waals surface area contributed by atoms with Crippen molar-refractivity contribution in [3.63, 3.8) is 0 Å². The maximum atomic E-state index is 5.73. The van der Waals surface area contributed by atoms with Crippen molar-refractivity contribution in [2.45, 2.75) is 63.1 Å². The van der Waals surface area contributed by atoms with Crippen LogP contribution in [0.25, 0.3) is 0 Å². The van der Waals surface area contributed by atoms with E-state index in [1.807, 2.05) is 0 Å². The van der Waals surface area contributed by atoms with Gasteiger partial charge >= 0.3 is 0 Å². The molecule has 2 atom stereocenters. The Morgan fingerprint density at radius 1 is 1.35 bits per heavy atom. The summed E-state index contributed by atoms with van der Waals surface area (Å²) in [4.78, 5) is 2.42. The van der Waals surface area contributed by atoms with E-state index < -0.39 is 0 Å². The Bertz CT molecular complexity index is 238. The van der Waals surface area contributed by atoms with E-state index in [4.69, 9.17) is 4.74 Å². The highest BCUT2D eigenvalue weighted by Gasteiger charge is 2.39. The van der Waals surface area contributed by atoms with Crippen LogP contribution < -0.4 is 5.32 Å². The lowest BCUT2D eigenvalue weighted by molar-refractivity contribution is -0.00718. The van der Waals surface area contributed by atoms with Gasteiger partial charge in [-0.05, 0) is 52.6 Å². The van der Waals surface area contributed by atoms with E-state index in [2.05, 4.69) is 31.2 Å². The topological polar surface area (TPSA) is 24.5 Å². The molecule has 1 aliphatic carbocycles. The third-order valence-electron chi connectivity index (χ3n) is 4.78. The van der Waals surface area contributed by atoms with Gasteiger partial charge in [0.25, 0.3) is 0 Å². The van der Waals surface area contributed by atoms with Gasteiger partial charge in [-0.15, -0.1) is 0 Å². The van der Waals surface area contributed by atoms with Gasteiger partial charge in [-0.3, -0.25) is 0 Å². The number of ether oxygens (including phenoxy) is 1. The van der Waals surface area contributed by atoms with Gasteiger partial charge < -0.3 is 15.0 Å². The second-order valence-electron chi connectivity index (χ2n) is 5.98. The summed E-state index contributed by atoms with van der Waals surface area (Å²) in [6.45, 7) is 4.31. The van der Waals surface area contributed by atoms with Crippen molar-refractivity contribution in [1.82, 2.24) is 10.2 Å². The van der Waals surface area contributed by atoms with Crippen LogP contribution in [-0.2, 0) is 4.74 Å². The molecule has 17 heavy (non-hydrogen) atoms. The fraction of sp³-hybridized carbons (Fsp3) is 1.00. The van der Waals surface area contributed by atoms with Crippen molar-refractivity contribution in [3.8, 4) is 0 Å². The molecule has 2 unspecified atom stereocenters. The van der Waals surface area contributed by atoms with Crippen molar-refractivity contribution in [2.24, 2.45) is 0 Å². The van der Waals surface area contributed by atoms with Gasteiger partial charge in [0.1, 0.15) is 0 Å². The molecule has 0 bridgehead atoms. The number of rotatable bonds is 5. The molecule has 100 valence electrons. The number of nitrogens with zero attached hydrogens (tertiary/aromatic N) is 1. The van der Waals surface area contributed by atoms with E-state index in [1.165, 1.54) is 32.1 Å². The lowest BCUT2D eigenvalue weighted by Gasteiger charge is -2.48. The smallest absolute Gasteiger partial charge is 0.0587 e. The summed E-state index contributed by atoms with van der Waals surface area (Å²) in [5.41, 5.74) is 0.444. The lowest BCUT2D eigenvalue weighted by atomic mass is 9.75. The minimum atomic E-state index is 0.444. The van der Waals surface area contributed by atoms with E-state index in [1.54, 1.807) is 0 Å². The van der Waals surface area contributed by atoms with Gasteiger partial charge in [-0.25, -0.2) is 0 Å². The average Bonchev–Trinajstić information content (AvgIpc) is 2.27. The van der Waals surface area contributed by atoms with E-state index in [0.29, 0.717) is 17.7 Å². The molecule has 0 aromatic heterocycles. The van der Waals surface area contributed by atoms with Gasteiger partial charge in [0.2, 0.25) is 0 Å². The normalized spacial score (nSPS) is 32.5. The van der Waals surface area contributed by atoms with Crippen LogP contribution in [0, 0.1) is 0 Å². The van der Waals surface area contributed by atoms with Crippen LogP contribution in [-0.4, -0.2) is 49.8 Å². The first-order chi connectivity index (χ1) is 8.16. The maximum Gasteiger partial charge on any atom is 0.0587 e. The summed E-state index contributed by atoms with van der Waals surface area (Å²) in [6.07, 6.45) is 8.11. The molecule has 1 aliphatic heterocycles. The molecule has 1 saturated carbocycles. The van der Waals surface area contributed by atoms with Gasteiger partial charge in [-0.1, -0.05) is 6.92 Å². The fourth-order valence-corrected chi connectivity index (χ4v) is 3.05. The highest BCUT2D eigenvalue weighted by molar-refractivity contribution is 4.98. The van der Waals surface area contributed by atoms with Crippen LogP contribution in [0.1, 0.15) is 45.4 Å². The molecular formula is C14H28N2O. The highest BCUT2D eigenvalue weighted by atomic mass is 16.5. The summed E-state index contributed by atoms with van der Waals surface area (Å²) in [6, 6.07) is 0.672. The quantitative estimate of drug-likeness (QED) is 0.795. The minimum absolute atomic E-state index is 0.444. The molecule has 0 aromatic carbocycles. The Balaban J connectivity index is 1.77. The van der Waals surface area contributed by atoms with Gasteiger partial charge in [0, 0.05) is 24.7 Å². The Labute approximate surface area is 106 Å². The third-order valence-corrected chi connectivity index (χ3v) is 4.78. The van der Waals surface area contributed by atoms with Gasteiger partial charge in [0.15, 0.2) is 0 Å². The van der Waals surface area contributed by atoms with E-state index in [9.17, 15) is 0 Å². The molecule has 0 aromatic rings. The molecule has 3 heteroatoms. The SMILES string of the molecule is CCC1CC(NCC2(N(C)C)CCC2)CCO1. The summed E-state index contributed by atoms with van der Waals surface area (Å²) in [7, 11) is 4.44. The van der Waals surface area contributed by atoms with Crippen LogP contribution >= 0.6 is 0 Å². The Hall–Kier alpha value is -0.120. The summed E-state index contributed by atoms with van der Waals surface area (Å²) in [5, 5.41) is 3.79. The van der Waals surface area contributed by atoms with E-state index in [-0.39, 0.29) is 0 Å². The highest BCUT2D eigenvalue weighted by Crippen LogP contribution is 2.35. The predicted octanol–water partition coefficient (Wildman–Crippen LogP) is 2.02. The number of nitrogens with one attached hydrogen (secondary N) is 1. The van der Waals surface area contributed by atoms with Crippen molar-refractivity contribution in [1.29, 1.82) is 0 Å². The molecule has 2 rings (SSSR count). The molecule has 0 spiro atoms. The first-order valence-electron chi connectivity index (χ1n) is 7.19. The van der Waals surface area contributed by atoms with Crippen LogP contribution in [0.3, 0.4) is 0 Å². The summed E-state index contributed by atoms with van der Waals surface area (Å²) in [5.74, 6) is 0. The third kappa shape index (κ3) is 3.01. The van der Waals surface area contributed by atoms with Crippen LogP contribution in [0.5, 0.6) is 0 Å². The van der Waals surface area contributed by atoms with Crippen molar-refractivity contribution >= 4 is 0 Å². The molecule has 2 aliphatic rings. The fourth-order valence-electron chi connectivity index (χ4n) is 3.05. The minimum Gasteiger partial charge on any atom is -0.378 e. The molecule has 1 heterocycles. The van der Waals surface area contributed by atoms with Gasteiger partial charge in [0.05, 0.1) is 6.10 Å². The second kappa shape index (κ2) is 5.68. The van der Waals surface area contributed by atoms with Crippen LogP contribution in [0.15, 0.2) is 0 Å². The molecule has 1 saturated heterocycles. The van der Waals surface area contributed by atoms with Crippen LogP contribution in [0.2, 0.25) is 0 Å². The predicted molar refractivity (Wildman–Crippen MR) is 71.3 cm³/mol. The Kier molecular flexibility index (Phi) is 4.45. The van der Waals surface area contributed by atoms with E-state index in [0.717, 1.165) is 19.6 Å². The maximum absolute atomic E-state index is 5.73. The molecule has 2 fully saturated rings. The monoisotopic (exact) mass is 240 g/mol. The zero-order chi connectivity index (χ0) is 12.3. The average molecular weight is 240 g/mol. The first-order valence-corrected chi connectivity index (χ1v) is 7.19. The zero-order valence-electron chi connectivity index (χ0n) is 11.7. The molecule has 3 nitrogen and oxygen atoms in total. The molecule has 0 amide bonds. The Morgan fingerprint density at radius 3 is 2.65 bits per heavy atom. The largest absolute Gasteiger partial charge is 0.378 e. The first kappa shape index (κ1) is 13.3.